The zero-order valence-electron chi connectivity index (χ0n) is 11.2. The molecule has 1 saturated heterocycles. The van der Waals surface area contributed by atoms with Gasteiger partial charge in [-0.3, -0.25) is 4.90 Å². The Bertz CT molecular complexity index is 464. The first-order valence-electron chi connectivity index (χ1n) is 6.68. The van der Waals surface area contributed by atoms with Crippen LogP contribution < -0.4 is 10.5 Å². The molecular weight excluding hydrogens is 244 g/mol. The second kappa shape index (κ2) is 5.36. The minimum absolute atomic E-state index is 0.287. The van der Waals surface area contributed by atoms with Gasteiger partial charge < -0.3 is 19.9 Å². The molecule has 2 aliphatic heterocycles. The summed E-state index contributed by atoms with van der Waals surface area (Å²) in [7, 11) is 0. The highest BCUT2D eigenvalue weighted by atomic mass is 16.7. The first-order valence-corrected chi connectivity index (χ1v) is 6.68. The number of nitrogens with zero attached hydrogens (tertiary/aromatic N) is 1. The fourth-order valence-electron chi connectivity index (χ4n) is 2.72. The van der Waals surface area contributed by atoms with E-state index in [4.69, 9.17) is 19.9 Å². The number of hydrogen-bond donors (Lipinski definition) is 1. The van der Waals surface area contributed by atoms with Gasteiger partial charge in [-0.25, -0.2) is 0 Å². The fourth-order valence-corrected chi connectivity index (χ4v) is 2.72. The Morgan fingerprint density at radius 2 is 2.32 bits per heavy atom. The molecule has 2 aliphatic rings. The van der Waals surface area contributed by atoms with E-state index in [2.05, 4.69) is 11.8 Å². The van der Waals surface area contributed by atoms with Gasteiger partial charge in [0.25, 0.3) is 0 Å². The molecule has 0 aromatic heterocycles. The third-order valence-corrected chi connectivity index (χ3v) is 3.53. The molecule has 0 aliphatic carbocycles. The zero-order chi connectivity index (χ0) is 13.2. The van der Waals surface area contributed by atoms with Crippen LogP contribution in [0.4, 0.5) is 5.69 Å². The van der Waals surface area contributed by atoms with Crippen molar-refractivity contribution in [2.75, 3.05) is 32.2 Å². The third-order valence-electron chi connectivity index (χ3n) is 3.53. The van der Waals surface area contributed by atoms with Crippen LogP contribution in [0.1, 0.15) is 18.1 Å². The van der Waals surface area contributed by atoms with E-state index in [1.165, 1.54) is 0 Å². The predicted molar refractivity (Wildman–Crippen MR) is 71.8 cm³/mol. The minimum atomic E-state index is 0.287. The smallest absolute Gasteiger partial charge is 0.189 e. The lowest BCUT2D eigenvalue weighted by Gasteiger charge is -2.32. The first kappa shape index (κ1) is 12.7. The highest BCUT2D eigenvalue weighted by Crippen LogP contribution is 2.31. The van der Waals surface area contributed by atoms with E-state index in [1.807, 2.05) is 12.1 Å². The lowest BCUT2D eigenvalue weighted by atomic mass is 10.1. The van der Waals surface area contributed by atoms with Crippen molar-refractivity contribution in [1.29, 1.82) is 0 Å². The highest BCUT2D eigenvalue weighted by Gasteiger charge is 2.21. The van der Waals surface area contributed by atoms with Crippen LogP contribution >= 0.6 is 0 Å². The Hall–Kier alpha value is -1.30. The number of anilines is 1. The van der Waals surface area contributed by atoms with Crippen molar-refractivity contribution in [3.05, 3.63) is 23.3 Å². The summed E-state index contributed by atoms with van der Waals surface area (Å²) in [5.74, 6) is 0.944. The van der Waals surface area contributed by atoms with Crippen LogP contribution in [0.2, 0.25) is 0 Å². The maximum absolute atomic E-state index is 5.96. The molecule has 2 heterocycles. The van der Waals surface area contributed by atoms with Crippen LogP contribution in [0.25, 0.3) is 0 Å². The second-order valence-electron chi connectivity index (χ2n) is 5.20. The van der Waals surface area contributed by atoms with Crippen LogP contribution in [-0.4, -0.2) is 37.5 Å². The normalized spacial score (nSPS) is 23.7. The molecule has 1 unspecified atom stereocenters. The maximum atomic E-state index is 5.96. The van der Waals surface area contributed by atoms with Gasteiger partial charge >= 0.3 is 0 Å². The second-order valence-corrected chi connectivity index (χ2v) is 5.20. The molecule has 3 rings (SSSR count). The molecule has 5 heteroatoms. The summed E-state index contributed by atoms with van der Waals surface area (Å²) in [6, 6.07) is 3.93. The molecule has 104 valence electrons. The van der Waals surface area contributed by atoms with Crippen molar-refractivity contribution in [2.24, 2.45) is 0 Å². The lowest BCUT2D eigenvalue weighted by Crippen LogP contribution is -2.40. The van der Waals surface area contributed by atoms with Gasteiger partial charge in [0.2, 0.25) is 0 Å². The Morgan fingerprint density at radius 1 is 1.42 bits per heavy atom. The largest absolute Gasteiger partial charge is 0.467 e. The molecular formula is C14H20N2O3. The summed E-state index contributed by atoms with van der Waals surface area (Å²) in [5, 5.41) is 0. The lowest BCUT2D eigenvalue weighted by molar-refractivity contribution is -0.0263. The molecule has 1 fully saturated rings. The quantitative estimate of drug-likeness (QED) is 0.817. The summed E-state index contributed by atoms with van der Waals surface area (Å²) < 4.78 is 16.5. The molecule has 5 nitrogen and oxygen atoms in total. The summed E-state index contributed by atoms with van der Waals surface area (Å²) in [6.07, 6.45) is 0.287. The van der Waals surface area contributed by atoms with Crippen LogP contribution in [0.5, 0.6) is 5.75 Å². The topological polar surface area (TPSA) is 57.0 Å². The van der Waals surface area contributed by atoms with E-state index in [0.717, 1.165) is 48.8 Å². The number of ether oxygens (including phenoxy) is 3. The Kier molecular flexibility index (Phi) is 3.59. The number of rotatable bonds is 2. The van der Waals surface area contributed by atoms with Crippen LogP contribution in [-0.2, 0) is 22.6 Å². The molecule has 1 aromatic rings. The Morgan fingerprint density at radius 3 is 3.16 bits per heavy atom. The highest BCUT2D eigenvalue weighted by molar-refractivity contribution is 5.53. The Balaban J connectivity index is 1.81. The number of morpholine rings is 1. The standard InChI is InChI=1S/C14H20N2O3/c1-10-6-16(2-3-18-10)7-11-4-13(15)5-12-8-17-9-19-14(11)12/h4-5,10H,2-3,6-9,15H2,1H3. The number of fused-ring (bicyclic) bond motifs is 1. The molecule has 0 amide bonds. The predicted octanol–water partition coefficient (Wildman–Crippen LogP) is 1.36. The molecule has 19 heavy (non-hydrogen) atoms. The summed E-state index contributed by atoms with van der Waals surface area (Å²) in [6.45, 7) is 6.53. The van der Waals surface area contributed by atoms with Gasteiger partial charge in [-0.15, -0.1) is 0 Å². The minimum Gasteiger partial charge on any atom is -0.467 e. The van der Waals surface area contributed by atoms with Gasteiger partial charge in [0.05, 0.1) is 19.3 Å². The van der Waals surface area contributed by atoms with Gasteiger partial charge in [-0.05, 0) is 19.1 Å². The van der Waals surface area contributed by atoms with Crippen LogP contribution in [0.15, 0.2) is 12.1 Å². The molecule has 0 bridgehead atoms. The number of nitrogens with two attached hydrogens (primary N) is 1. The van der Waals surface area contributed by atoms with Gasteiger partial charge in [0.15, 0.2) is 6.79 Å². The monoisotopic (exact) mass is 264 g/mol. The Labute approximate surface area is 113 Å². The maximum Gasteiger partial charge on any atom is 0.189 e. The molecule has 1 aromatic carbocycles. The average molecular weight is 264 g/mol. The van der Waals surface area contributed by atoms with E-state index >= 15 is 0 Å². The van der Waals surface area contributed by atoms with Crippen molar-refractivity contribution >= 4 is 5.69 Å². The van der Waals surface area contributed by atoms with E-state index < -0.39 is 0 Å². The summed E-state index contributed by atoms with van der Waals surface area (Å²) in [4.78, 5) is 2.38. The first-order chi connectivity index (χ1) is 9.22. The molecule has 0 radical (unpaired) electrons. The number of nitrogen functional groups attached to an aromatic ring is 1. The zero-order valence-corrected chi connectivity index (χ0v) is 11.2. The van der Waals surface area contributed by atoms with Crippen molar-refractivity contribution < 1.29 is 14.2 Å². The van der Waals surface area contributed by atoms with E-state index in [9.17, 15) is 0 Å². The van der Waals surface area contributed by atoms with Crippen molar-refractivity contribution in [3.63, 3.8) is 0 Å². The van der Waals surface area contributed by atoms with Gasteiger partial charge in [0.1, 0.15) is 5.75 Å². The van der Waals surface area contributed by atoms with Crippen LogP contribution in [0, 0.1) is 0 Å². The number of benzene rings is 1. The average Bonchev–Trinajstić information content (AvgIpc) is 2.38. The molecule has 0 saturated carbocycles. The molecule has 0 spiro atoms. The third kappa shape index (κ3) is 2.83. The van der Waals surface area contributed by atoms with Gasteiger partial charge in [-0.1, -0.05) is 0 Å². The summed E-state index contributed by atoms with van der Waals surface area (Å²) >= 11 is 0. The number of hydrogen-bond acceptors (Lipinski definition) is 5. The van der Waals surface area contributed by atoms with E-state index in [-0.39, 0.29) is 6.10 Å². The van der Waals surface area contributed by atoms with Gasteiger partial charge in [-0.2, -0.15) is 0 Å². The SMILES string of the molecule is CC1CN(Cc2cc(N)cc3c2OCOC3)CCO1. The van der Waals surface area contributed by atoms with Crippen molar-refractivity contribution in [2.45, 2.75) is 26.2 Å². The van der Waals surface area contributed by atoms with E-state index in [0.29, 0.717) is 13.4 Å². The molecule has 2 N–H and O–H groups in total. The van der Waals surface area contributed by atoms with E-state index in [1.54, 1.807) is 0 Å². The van der Waals surface area contributed by atoms with Gasteiger partial charge in [0, 0.05) is 36.4 Å². The molecule has 1 atom stereocenters. The summed E-state index contributed by atoms with van der Waals surface area (Å²) in [5.41, 5.74) is 8.92. The fraction of sp³-hybridized carbons (Fsp3) is 0.571. The van der Waals surface area contributed by atoms with Crippen LogP contribution in [0.3, 0.4) is 0 Å². The van der Waals surface area contributed by atoms with Crippen molar-refractivity contribution in [3.8, 4) is 5.75 Å². The van der Waals surface area contributed by atoms with Crippen molar-refractivity contribution in [1.82, 2.24) is 4.90 Å².